The van der Waals surface area contributed by atoms with Crippen LogP contribution in [0.3, 0.4) is 0 Å². The molecule has 0 aliphatic carbocycles. The van der Waals surface area contributed by atoms with E-state index in [9.17, 15) is 18.3 Å². The molecule has 0 bridgehead atoms. The molecule has 0 spiro atoms. The minimum absolute atomic E-state index is 0.215. The zero-order chi connectivity index (χ0) is 15.5. The normalized spacial score (nSPS) is 10.9. The van der Waals surface area contributed by atoms with Crippen LogP contribution < -0.4 is 10.0 Å². The molecule has 0 aliphatic rings. The van der Waals surface area contributed by atoms with E-state index in [-0.39, 0.29) is 10.6 Å². The number of rotatable bonds is 3. The number of benzene rings is 2. The summed E-state index contributed by atoms with van der Waals surface area (Å²) in [5.74, 6) is -0.215. The van der Waals surface area contributed by atoms with Crippen molar-refractivity contribution >= 4 is 33.3 Å². The van der Waals surface area contributed by atoms with Crippen LogP contribution in [0.5, 0.6) is 5.75 Å². The third-order valence-electron chi connectivity index (χ3n) is 2.44. The summed E-state index contributed by atoms with van der Waals surface area (Å²) in [6.45, 7) is 0. The Bertz CT molecular complexity index is 777. The Kier molecular flexibility index (Phi) is 4.35. The summed E-state index contributed by atoms with van der Waals surface area (Å²) in [7, 11) is -4.07. The molecule has 0 atom stereocenters. The number of amides is 2. The Morgan fingerprint density at radius 1 is 1.10 bits per heavy atom. The van der Waals surface area contributed by atoms with Gasteiger partial charge in [-0.05, 0) is 30.3 Å². The standard InChI is InChI=1S/C13H11ClN2O4S/c14-9-3-1-4-10(7-9)15-13(18)16-21(19,20)12-6-2-5-11(17)8-12/h1-8,17H,(H2,15,16,18). The van der Waals surface area contributed by atoms with Crippen molar-refractivity contribution in [2.45, 2.75) is 4.90 Å². The Morgan fingerprint density at radius 3 is 2.48 bits per heavy atom. The third kappa shape index (κ3) is 4.11. The van der Waals surface area contributed by atoms with Gasteiger partial charge >= 0.3 is 6.03 Å². The van der Waals surface area contributed by atoms with Crippen LogP contribution in [0.15, 0.2) is 53.4 Å². The summed E-state index contributed by atoms with van der Waals surface area (Å²) < 4.78 is 25.7. The highest BCUT2D eigenvalue weighted by Gasteiger charge is 2.18. The van der Waals surface area contributed by atoms with Crippen molar-refractivity contribution in [3.63, 3.8) is 0 Å². The maximum Gasteiger partial charge on any atom is 0.333 e. The third-order valence-corrected chi connectivity index (χ3v) is 4.00. The second-order valence-corrected chi connectivity index (χ2v) is 6.19. The zero-order valence-electron chi connectivity index (χ0n) is 10.6. The first kappa shape index (κ1) is 15.1. The highest BCUT2D eigenvalue weighted by Crippen LogP contribution is 2.17. The molecule has 0 unspecified atom stereocenters. The first-order valence-corrected chi connectivity index (χ1v) is 7.61. The van der Waals surface area contributed by atoms with Crippen molar-refractivity contribution in [2.24, 2.45) is 0 Å². The van der Waals surface area contributed by atoms with E-state index < -0.39 is 16.1 Å². The van der Waals surface area contributed by atoms with Crippen molar-refractivity contribution in [1.82, 2.24) is 4.72 Å². The van der Waals surface area contributed by atoms with Gasteiger partial charge in [-0.15, -0.1) is 0 Å². The molecular formula is C13H11ClN2O4S. The average molecular weight is 327 g/mol. The summed E-state index contributed by atoms with van der Waals surface area (Å²) in [5.41, 5.74) is 0.353. The maximum atomic E-state index is 11.9. The fraction of sp³-hybridized carbons (Fsp3) is 0. The van der Waals surface area contributed by atoms with Gasteiger partial charge in [0.2, 0.25) is 0 Å². The molecule has 8 heteroatoms. The van der Waals surface area contributed by atoms with Gasteiger partial charge < -0.3 is 10.4 Å². The molecule has 0 aromatic heterocycles. The molecule has 0 saturated heterocycles. The summed E-state index contributed by atoms with van der Waals surface area (Å²) in [6, 6.07) is 10.3. The largest absolute Gasteiger partial charge is 0.508 e. The smallest absolute Gasteiger partial charge is 0.333 e. The predicted molar refractivity (Wildman–Crippen MR) is 78.9 cm³/mol. The second-order valence-electron chi connectivity index (χ2n) is 4.07. The van der Waals surface area contributed by atoms with E-state index in [0.717, 1.165) is 6.07 Å². The van der Waals surface area contributed by atoms with E-state index in [1.165, 1.54) is 24.3 Å². The van der Waals surface area contributed by atoms with Gasteiger partial charge in [0, 0.05) is 16.8 Å². The van der Waals surface area contributed by atoms with E-state index in [4.69, 9.17) is 11.6 Å². The molecule has 0 radical (unpaired) electrons. The van der Waals surface area contributed by atoms with Crippen LogP contribution in [0.1, 0.15) is 0 Å². The minimum atomic E-state index is -4.07. The lowest BCUT2D eigenvalue weighted by molar-refractivity contribution is 0.256. The van der Waals surface area contributed by atoms with Crippen LogP contribution in [0.25, 0.3) is 0 Å². The number of phenolic OH excluding ortho intramolecular Hbond substituents is 1. The van der Waals surface area contributed by atoms with E-state index in [1.54, 1.807) is 18.2 Å². The summed E-state index contributed by atoms with van der Waals surface area (Å²) in [4.78, 5) is 11.5. The van der Waals surface area contributed by atoms with Gasteiger partial charge in [0.15, 0.2) is 0 Å². The number of nitrogens with one attached hydrogen (secondary N) is 2. The van der Waals surface area contributed by atoms with Crippen molar-refractivity contribution in [2.75, 3.05) is 5.32 Å². The van der Waals surface area contributed by atoms with Crippen LogP contribution in [0.2, 0.25) is 5.02 Å². The minimum Gasteiger partial charge on any atom is -0.508 e. The monoisotopic (exact) mass is 326 g/mol. The molecule has 2 aromatic rings. The number of aromatic hydroxyl groups is 1. The van der Waals surface area contributed by atoms with Gasteiger partial charge in [0.1, 0.15) is 5.75 Å². The van der Waals surface area contributed by atoms with Gasteiger partial charge in [-0.3, -0.25) is 0 Å². The van der Waals surface area contributed by atoms with Crippen LogP contribution in [-0.4, -0.2) is 19.6 Å². The quantitative estimate of drug-likeness (QED) is 0.807. The highest BCUT2D eigenvalue weighted by atomic mass is 35.5. The van der Waals surface area contributed by atoms with Gasteiger partial charge in [0.05, 0.1) is 4.90 Å². The van der Waals surface area contributed by atoms with Crippen molar-refractivity contribution in [1.29, 1.82) is 0 Å². The first-order valence-electron chi connectivity index (χ1n) is 5.75. The first-order chi connectivity index (χ1) is 9.87. The number of carbonyl (C=O) groups excluding carboxylic acids is 1. The second kappa shape index (κ2) is 6.02. The van der Waals surface area contributed by atoms with Crippen LogP contribution >= 0.6 is 11.6 Å². The molecule has 3 N–H and O–H groups in total. The summed E-state index contributed by atoms with van der Waals surface area (Å²) >= 11 is 5.76. The lowest BCUT2D eigenvalue weighted by atomic mass is 10.3. The molecule has 0 fully saturated rings. The van der Waals surface area contributed by atoms with Crippen molar-refractivity contribution < 1.29 is 18.3 Å². The molecule has 6 nitrogen and oxygen atoms in total. The lowest BCUT2D eigenvalue weighted by Crippen LogP contribution is -2.34. The van der Waals surface area contributed by atoms with Crippen LogP contribution in [-0.2, 0) is 10.0 Å². The number of anilines is 1. The molecule has 2 amide bonds. The fourth-order valence-electron chi connectivity index (χ4n) is 1.55. The number of carbonyl (C=O) groups is 1. The molecule has 110 valence electrons. The number of sulfonamides is 1. The van der Waals surface area contributed by atoms with E-state index in [1.807, 2.05) is 4.72 Å². The summed E-state index contributed by atoms with van der Waals surface area (Å²) in [5, 5.41) is 12.0. The van der Waals surface area contributed by atoms with Crippen molar-refractivity contribution in [3.05, 3.63) is 53.6 Å². The zero-order valence-corrected chi connectivity index (χ0v) is 12.1. The number of hydrogen-bond donors (Lipinski definition) is 3. The Hall–Kier alpha value is -2.25. The summed E-state index contributed by atoms with van der Waals surface area (Å²) in [6.07, 6.45) is 0. The topological polar surface area (TPSA) is 95.5 Å². The Balaban J connectivity index is 2.12. The van der Waals surface area contributed by atoms with Gasteiger partial charge in [-0.1, -0.05) is 23.7 Å². The maximum absolute atomic E-state index is 11.9. The Labute approximate surface area is 126 Å². The van der Waals surface area contributed by atoms with Gasteiger partial charge in [0.25, 0.3) is 10.0 Å². The van der Waals surface area contributed by atoms with Crippen molar-refractivity contribution in [3.8, 4) is 5.75 Å². The molecule has 2 aromatic carbocycles. The number of phenols is 1. The molecule has 21 heavy (non-hydrogen) atoms. The Morgan fingerprint density at radius 2 is 1.81 bits per heavy atom. The van der Waals surface area contributed by atoms with Crippen LogP contribution in [0.4, 0.5) is 10.5 Å². The van der Waals surface area contributed by atoms with Gasteiger partial charge in [-0.2, -0.15) is 0 Å². The lowest BCUT2D eigenvalue weighted by Gasteiger charge is -2.09. The molecular weight excluding hydrogens is 316 g/mol. The SMILES string of the molecule is O=C(Nc1cccc(Cl)c1)NS(=O)(=O)c1cccc(O)c1. The highest BCUT2D eigenvalue weighted by molar-refractivity contribution is 7.90. The van der Waals surface area contributed by atoms with Gasteiger partial charge in [-0.25, -0.2) is 17.9 Å². The van der Waals surface area contributed by atoms with Crippen LogP contribution in [0, 0.1) is 0 Å². The molecule has 2 rings (SSSR count). The number of halogens is 1. The fourth-order valence-corrected chi connectivity index (χ4v) is 2.69. The average Bonchev–Trinajstić information content (AvgIpc) is 2.37. The van der Waals surface area contributed by atoms with E-state index in [2.05, 4.69) is 5.32 Å². The molecule has 0 aliphatic heterocycles. The van der Waals surface area contributed by atoms with E-state index >= 15 is 0 Å². The molecule has 0 heterocycles. The number of hydrogen-bond acceptors (Lipinski definition) is 4. The molecule has 0 saturated carbocycles. The predicted octanol–water partition coefficient (Wildman–Crippen LogP) is 2.56. The number of urea groups is 1. The van der Waals surface area contributed by atoms with E-state index in [0.29, 0.717) is 10.7 Å².